The summed E-state index contributed by atoms with van der Waals surface area (Å²) in [6.45, 7) is 2.04. The third-order valence-electron chi connectivity index (χ3n) is 1.90. The number of rotatable bonds is 4. The second kappa shape index (κ2) is 5.44. The van der Waals surface area contributed by atoms with Crippen LogP contribution >= 0.6 is 58.0 Å². The number of hydrogen-bond acceptors (Lipinski definition) is 3. The van der Waals surface area contributed by atoms with Gasteiger partial charge in [0.05, 0.1) is 0 Å². The van der Waals surface area contributed by atoms with Gasteiger partial charge in [0.15, 0.2) is 5.82 Å². The van der Waals surface area contributed by atoms with Crippen molar-refractivity contribution in [3.8, 4) is 0 Å². The van der Waals surface area contributed by atoms with Crippen LogP contribution in [0.1, 0.15) is 25.6 Å². The van der Waals surface area contributed by atoms with Crippen molar-refractivity contribution in [1.82, 2.24) is 20.2 Å². The van der Waals surface area contributed by atoms with E-state index >= 15 is 0 Å². The number of aromatic nitrogens is 4. The highest BCUT2D eigenvalue weighted by Gasteiger charge is 2.50. The lowest BCUT2D eigenvalue weighted by molar-refractivity contribution is 0.495. The van der Waals surface area contributed by atoms with Gasteiger partial charge in [0.2, 0.25) is 3.79 Å². The van der Waals surface area contributed by atoms with Crippen molar-refractivity contribution in [2.75, 3.05) is 0 Å². The van der Waals surface area contributed by atoms with Crippen molar-refractivity contribution in [2.24, 2.45) is 0 Å². The molecule has 0 bridgehead atoms. The van der Waals surface area contributed by atoms with E-state index < -0.39 is 8.25 Å². The molecule has 9 heteroatoms. The van der Waals surface area contributed by atoms with Crippen molar-refractivity contribution in [1.29, 1.82) is 0 Å². The summed E-state index contributed by atoms with van der Waals surface area (Å²) in [4.78, 5) is 0. The number of halogens is 5. The highest BCUT2D eigenvalue weighted by Crippen LogP contribution is 2.49. The van der Waals surface area contributed by atoms with Crippen LogP contribution in [0.25, 0.3) is 0 Å². The Labute approximate surface area is 118 Å². The Morgan fingerprint density at radius 1 is 1.19 bits per heavy atom. The number of alkyl halides is 5. The average molecular weight is 326 g/mol. The lowest BCUT2D eigenvalue weighted by Crippen LogP contribution is -2.37. The van der Waals surface area contributed by atoms with E-state index in [0.717, 1.165) is 17.5 Å². The van der Waals surface area contributed by atoms with E-state index in [4.69, 9.17) is 58.0 Å². The zero-order chi connectivity index (χ0) is 12.4. The summed E-state index contributed by atoms with van der Waals surface area (Å²) in [5.41, 5.74) is 0. The molecule has 0 N–H and O–H groups in total. The molecule has 1 rings (SSSR count). The molecule has 0 unspecified atom stereocenters. The molecule has 16 heavy (non-hydrogen) atoms. The SMILES string of the molecule is CCCCc1nnnn1C(Cl)(Cl)C(Cl)(Cl)Cl. The number of tetrazole rings is 1. The van der Waals surface area contributed by atoms with Crippen LogP contribution in [0.5, 0.6) is 0 Å². The standard InChI is InChI=1S/C7H9Cl5N4/c1-2-3-4-5-13-14-15-16(5)7(11,12)6(8,9)10/h2-4H2,1H3. The predicted octanol–water partition coefficient (Wildman–Crippen LogP) is 3.47. The van der Waals surface area contributed by atoms with E-state index in [0.29, 0.717) is 12.2 Å². The van der Waals surface area contributed by atoms with Crippen LogP contribution in [0.2, 0.25) is 0 Å². The van der Waals surface area contributed by atoms with Gasteiger partial charge in [-0.15, -0.1) is 5.10 Å². The summed E-state index contributed by atoms with van der Waals surface area (Å²) >= 11 is 28.9. The molecule has 1 aromatic heterocycles. The fourth-order valence-corrected chi connectivity index (χ4v) is 1.54. The minimum atomic E-state index is -1.92. The van der Waals surface area contributed by atoms with Crippen molar-refractivity contribution in [2.45, 2.75) is 34.4 Å². The molecule has 0 fully saturated rings. The molecule has 4 nitrogen and oxygen atoms in total. The quantitative estimate of drug-likeness (QED) is 0.796. The predicted molar refractivity (Wildman–Crippen MR) is 66.4 cm³/mol. The van der Waals surface area contributed by atoms with Gasteiger partial charge in [0, 0.05) is 6.42 Å². The molecule has 1 aromatic rings. The second-order valence-electron chi connectivity index (χ2n) is 3.15. The zero-order valence-electron chi connectivity index (χ0n) is 8.30. The van der Waals surface area contributed by atoms with E-state index in [-0.39, 0.29) is 0 Å². The third-order valence-corrected chi connectivity index (χ3v) is 4.18. The molecule has 0 atom stereocenters. The maximum Gasteiger partial charge on any atom is 0.259 e. The van der Waals surface area contributed by atoms with E-state index in [1.807, 2.05) is 6.92 Å². The normalized spacial score (nSPS) is 13.1. The number of hydrogen-bond donors (Lipinski definition) is 0. The Kier molecular flexibility index (Phi) is 4.96. The Morgan fingerprint density at radius 2 is 1.81 bits per heavy atom. The van der Waals surface area contributed by atoms with Gasteiger partial charge in [-0.1, -0.05) is 71.3 Å². The molecule has 0 saturated heterocycles. The maximum atomic E-state index is 5.95. The Balaban J connectivity index is 2.99. The summed E-state index contributed by atoms with van der Waals surface area (Å²) in [5, 5.41) is 10.9. The molecular formula is C7H9Cl5N4. The highest BCUT2D eigenvalue weighted by atomic mass is 35.6. The Hall–Kier alpha value is 0.520. The number of unbranched alkanes of at least 4 members (excludes halogenated alkanes) is 1. The van der Waals surface area contributed by atoms with Gasteiger partial charge in [0.1, 0.15) is 0 Å². The lowest BCUT2D eigenvalue weighted by Gasteiger charge is -2.27. The largest absolute Gasteiger partial charge is 0.259 e. The first-order valence-corrected chi connectivity index (χ1v) is 6.42. The number of aryl methyl sites for hydroxylation is 1. The van der Waals surface area contributed by atoms with Gasteiger partial charge in [-0.3, -0.25) is 0 Å². The molecule has 0 amide bonds. The van der Waals surface area contributed by atoms with Crippen molar-refractivity contribution >= 4 is 58.0 Å². The van der Waals surface area contributed by atoms with Gasteiger partial charge < -0.3 is 0 Å². The maximum absolute atomic E-state index is 5.95. The summed E-state index contributed by atoms with van der Waals surface area (Å²) in [6, 6.07) is 0. The number of nitrogens with zero attached hydrogens (tertiary/aromatic N) is 4. The topological polar surface area (TPSA) is 43.6 Å². The minimum absolute atomic E-state index is 0.484. The molecule has 0 aliphatic rings. The smallest absolute Gasteiger partial charge is 0.189 e. The molecule has 0 aromatic carbocycles. The van der Waals surface area contributed by atoms with Crippen LogP contribution in [0.3, 0.4) is 0 Å². The van der Waals surface area contributed by atoms with Crippen molar-refractivity contribution in [3.63, 3.8) is 0 Å². The Morgan fingerprint density at radius 3 is 2.31 bits per heavy atom. The average Bonchev–Trinajstić information content (AvgIpc) is 2.61. The van der Waals surface area contributed by atoms with E-state index in [2.05, 4.69) is 15.5 Å². The van der Waals surface area contributed by atoms with Gasteiger partial charge in [-0.2, -0.15) is 4.68 Å². The van der Waals surface area contributed by atoms with Crippen LogP contribution in [0.4, 0.5) is 0 Å². The van der Waals surface area contributed by atoms with Crippen LogP contribution in [-0.4, -0.2) is 24.0 Å². The zero-order valence-corrected chi connectivity index (χ0v) is 12.1. The first-order valence-electron chi connectivity index (χ1n) is 4.53. The van der Waals surface area contributed by atoms with Gasteiger partial charge in [-0.25, -0.2) is 0 Å². The third kappa shape index (κ3) is 3.05. The Bertz CT molecular complexity index is 345. The first-order chi connectivity index (χ1) is 7.30. The molecule has 92 valence electrons. The lowest BCUT2D eigenvalue weighted by atomic mass is 10.2. The molecular weight excluding hydrogens is 317 g/mol. The van der Waals surface area contributed by atoms with Crippen LogP contribution in [-0.2, 0) is 10.9 Å². The van der Waals surface area contributed by atoms with Crippen molar-refractivity contribution < 1.29 is 0 Å². The highest BCUT2D eigenvalue weighted by molar-refractivity contribution is 6.74. The molecule has 0 aliphatic carbocycles. The monoisotopic (exact) mass is 324 g/mol. The molecule has 0 aliphatic heterocycles. The first kappa shape index (κ1) is 14.6. The fraction of sp³-hybridized carbons (Fsp3) is 0.857. The summed E-state index contributed by atoms with van der Waals surface area (Å²) < 4.78 is -2.63. The van der Waals surface area contributed by atoms with Gasteiger partial charge in [-0.05, 0) is 16.8 Å². The van der Waals surface area contributed by atoms with Gasteiger partial charge >= 0.3 is 0 Å². The summed E-state index contributed by atoms with van der Waals surface area (Å²) in [6.07, 6.45) is 2.49. The summed E-state index contributed by atoms with van der Waals surface area (Å²) in [7, 11) is 0. The van der Waals surface area contributed by atoms with E-state index in [9.17, 15) is 0 Å². The van der Waals surface area contributed by atoms with Crippen LogP contribution in [0.15, 0.2) is 0 Å². The molecule has 0 radical (unpaired) electrons. The minimum Gasteiger partial charge on any atom is -0.189 e. The van der Waals surface area contributed by atoms with E-state index in [1.165, 1.54) is 0 Å². The molecule has 0 saturated carbocycles. The second-order valence-corrected chi connectivity index (χ2v) is 6.72. The van der Waals surface area contributed by atoms with Crippen molar-refractivity contribution in [3.05, 3.63) is 5.82 Å². The van der Waals surface area contributed by atoms with Gasteiger partial charge in [0.25, 0.3) is 4.46 Å². The van der Waals surface area contributed by atoms with Crippen LogP contribution in [0, 0.1) is 0 Å². The summed E-state index contributed by atoms with van der Waals surface area (Å²) in [5.74, 6) is 0.484. The van der Waals surface area contributed by atoms with Crippen LogP contribution < -0.4 is 0 Å². The fourth-order valence-electron chi connectivity index (χ4n) is 1.03. The van der Waals surface area contributed by atoms with E-state index in [1.54, 1.807) is 0 Å². The molecule has 0 spiro atoms. The molecule has 1 heterocycles.